The summed E-state index contributed by atoms with van der Waals surface area (Å²) < 4.78 is 17.0. The molecule has 3 aromatic carbocycles. The van der Waals surface area contributed by atoms with Crippen LogP contribution in [0.4, 0.5) is 5.69 Å². The Morgan fingerprint density at radius 1 is 0.846 bits per heavy atom. The van der Waals surface area contributed by atoms with Crippen LogP contribution in [-0.2, 0) is 9.59 Å². The first-order valence-electron chi connectivity index (χ1n) is 13.3. The molecule has 1 aliphatic rings. The molecule has 1 aliphatic heterocycles. The smallest absolute Gasteiger partial charge is 0.300 e. The number of aliphatic hydroxyl groups excluding tert-OH is 1. The normalized spacial score (nSPS) is 16.6. The van der Waals surface area contributed by atoms with Crippen LogP contribution >= 0.6 is 0 Å². The molecule has 39 heavy (non-hydrogen) atoms. The minimum absolute atomic E-state index is 0.0184. The van der Waals surface area contributed by atoms with Crippen molar-refractivity contribution in [3.63, 3.8) is 0 Å². The Kier molecular flexibility index (Phi) is 8.59. The van der Waals surface area contributed by atoms with Crippen LogP contribution in [0.15, 0.2) is 72.3 Å². The van der Waals surface area contributed by atoms with E-state index in [1.807, 2.05) is 52.8 Å². The molecule has 1 amide bonds. The van der Waals surface area contributed by atoms with E-state index in [2.05, 4.69) is 0 Å². The Hall–Kier alpha value is -4.26. The monoisotopic (exact) mass is 529 g/mol. The van der Waals surface area contributed by atoms with Gasteiger partial charge in [0, 0.05) is 17.3 Å². The lowest BCUT2D eigenvalue weighted by Crippen LogP contribution is -2.29. The fourth-order valence-corrected chi connectivity index (χ4v) is 4.81. The summed E-state index contributed by atoms with van der Waals surface area (Å²) in [5.41, 5.74) is 2.52. The summed E-state index contributed by atoms with van der Waals surface area (Å²) in [5, 5.41) is 11.6. The lowest BCUT2D eigenvalue weighted by atomic mass is 9.93. The quantitative estimate of drug-likeness (QED) is 0.180. The molecule has 0 aliphatic carbocycles. The Bertz CT molecular complexity index is 1380. The van der Waals surface area contributed by atoms with Crippen molar-refractivity contribution in [2.24, 2.45) is 0 Å². The third-order valence-electron chi connectivity index (χ3n) is 6.56. The summed E-state index contributed by atoms with van der Waals surface area (Å²) in [6.45, 7) is 11.2. The number of carbonyl (C=O) groups excluding carboxylic acids is 2. The summed E-state index contributed by atoms with van der Waals surface area (Å²) in [4.78, 5) is 28.5. The van der Waals surface area contributed by atoms with E-state index in [0.717, 1.165) is 11.3 Å². The van der Waals surface area contributed by atoms with Gasteiger partial charge in [-0.25, -0.2) is 0 Å². The SMILES string of the molecule is CCOc1ccc(C2/C(=C(/O)c3ccc(OCC)c(C(C)C)c3)C(=O)C(=O)N2c2cccc(OCC)c2)cc1. The van der Waals surface area contributed by atoms with Gasteiger partial charge in [0.25, 0.3) is 11.7 Å². The molecule has 0 spiro atoms. The highest BCUT2D eigenvalue weighted by molar-refractivity contribution is 6.51. The van der Waals surface area contributed by atoms with Crippen LogP contribution in [0.3, 0.4) is 0 Å². The molecule has 204 valence electrons. The zero-order valence-electron chi connectivity index (χ0n) is 23.1. The van der Waals surface area contributed by atoms with Crippen LogP contribution < -0.4 is 19.1 Å². The highest BCUT2D eigenvalue weighted by Crippen LogP contribution is 2.43. The fourth-order valence-electron chi connectivity index (χ4n) is 4.81. The van der Waals surface area contributed by atoms with E-state index in [9.17, 15) is 14.7 Å². The average Bonchev–Trinajstić information content (AvgIpc) is 3.19. The van der Waals surface area contributed by atoms with E-state index in [0.29, 0.717) is 48.1 Å². The van der Waals surface area contributed by atoms with E-state index in [4.69, 9.17) is 14.2 Å². The van der Waals surface area contributed by atoms with Crippen molar-refractivity contribution in [3.8, 4) is 17.2 Å². The maximum Gasteiger partial charge on any atom is 0.300 e. The van der Waals surface area contributed by atoms with Crippen molar-refractivity contribution >= 4 is 23.1 Å². The van der Waals surface area contributed by atoms with Gasteiger partial charge in [-0.3, -0.25) is 14.5 Å². The minimum atomic E-state index is -0.855. The number of nitrogens with zero attached hydrogens (tertiary/aromatic N) is 1. The Labute approximate surface area is 229 Å². The summed E-state index contributed by atoms with van der Waals surface area (Å²) in [6, 6.07) is 18.7. The van der Waals surface area contributed by atoms with Crippen LogP contribution in [0, 0.1) is 0 Å². The highest BCUT2D eigenvalue weighted by atomic mass is 16.5. The largest absolute Gasteiger partial charge is 0.507 e. The predicted molar refractivity (Wildman–Crippen MR) is 152 cm³/mol. The van der Waals surface area contributed by atoms with Crippen molar-refractivity contribution in [1.82, 2.24) is 0 Å². The number of aliphatic hydroxyl groups is 1. The number of rotatable bonds is 10. The Balaban J connectivity index is 1.91. The zero-order chi connectivity index (χ0) is 28.1. The zero-order valence-corrected chi connectivity index (χ0v) is 23.1. The van der Waals surface area contributed by atoms with Crippen LogP contribution in [0.2, 0.25) is 0 Å². The van der Waals surface area contributed by atoms with Gasteiger partial charge < -0.3 is 19.3 Å². The number of hydrogen-bond acceptors (Lipinski definition) is 6. The molecule has 0 saturated carbocycles. The van der Waals surface area contributed by atoms with E-state index >= 15 is 0 Å². The number of Topliss-reactive ketones (excluding diaryl/α,β-unsaturated/α-hetero) is 1. The lowest BCUT2D eigenvalue weighted by molar-refractivity contribution is -0.132. The standard InChI is InChI=1S/C32H35NO6/c1-6-37-24-15-12-21(13-16-24)29-28(30(34)22-14-17-27(39-8-3)26(18-22)20(4)5)31(35)32(36)33(29)23-10-9-11-25(19-23)38-7-2/h9-20,29,34H,6-8H2,1-5H3/b30-28-. The molecule has 0 radical (unpaired) electrons. The van der Waals surface area contributed by atoms with Crippen molar-refractivity contribution < 1.29 is 28.9 Å². The third-order valence-corrected chi connectivity index (χ3v) is 6.56. The molecule has 0 aromatic heterocycles. The van der Waals surface area contributed by atoms with Gasteiger partial charge in [0.2, 0.25) is 0 Å². The second-order valence-electron chi connectivity index (χ2n) is 9.44. The summed E-state index contributed by atoms with van der Waals surface area (Å²) in [5.74, 6) is 0.373. The van der Waals surface area contributed by atoms with Gasteiger partial charge in [-0.1, -0.05) is 32.0 Å². The first kappa shape index (κ1) is 27.8. The van der Waals surface area contributed by atoms with Crippen molar-refractivity contribution in [2.45, 2.75) is 46.6 Å². The van der Waals surface area contributed by atoms with Gasteiger partial charge in [-0.15, -0.1) is 0 Å². The maximum absolute atomic E-state index is 13.6. The molecule has 1 unspecified atom stereocenters. The van der Waals surface area contributed by atoms with Gasteiger partial charge in [-0.05, 0) is 80.3 Å². The van der Waals surface area contributed by atoms with Crippen molar-refractivity contribution in [2.75, 3.05) is 24.7 Å². The molecule has 1 fully saturated rings. The first-order chi connectivity index (χ1) is 18.8. The number of amides is 1. The van der Waals surface area contributed by atoms with Crippen molar-refractivity contribution in [3.05, 3.63) is 89.0 Å². The van der Waals surface area contributed by atoms with E-state index in [1.165, 1.54) is 4.90 Å². The Morgan fingerprint density at radius 2 is 1.51 bits per heavy atom. The van der Waals surface area contributed by atoms with E-state index in [-0.39, 0.29) is 17.3 Å². The predicted octanol–water partition coefficient (Wildman–Crippen LogP) is 6.63. The molecule has 3 aromatic rings. The van der Waals surface area contributed by atoms with Gasteiger partial charge in [-0.2, -0.15) is 0 Å². The molecular formula is C32H35NO6. The molecule has 7 nitrogen and oxygen atoms in total. The second kappa shape index (κ2) is 12.1. The van der Waals surface area contributed by atoms with Crippen molar-refractivity contribution in [1.29, 1.82) is 0 Å². The van der Waals surface area contributed by atoms with E-state index < -0.39 is 17.7 Å². The maximum atomic E-state index is 13.6. The number of carbonyl (C=O) groups is 2. The lowest BCUT2D eigenvalue weighted by Gasteiger charge is -2.26. The van der Waals surface area contributed by atoms with Gasteiger partial charge in [0.1, 0.15) is 23.0 Å². The first-order valence-corrected chi connectivity index (χ1v) is 13.3. The molecule has 1 heterocycles. The van der Waals surface area contributed by atoms with Crippen LogP contribution in [0.1, 0.15) is 63.3 Å². The second-order valence-corrected chi connectivity index (χ2v) is 9.44. The molecule has 7 heteroatoms. The number of benzene rings is 3. The van der Waals surface area contributed by atoms with Crippen LogP contribution in [-0.4, -0.2) is 36.6 Å². The van der Waals surface area contributed by atoms with Gasteiger partial charge in [0.05, 0.1) is 31.4 Å². The van der Waals surface area contributed by atoms with Crippen LogP contribution in [0.5, 0.6) is 17.2 Å². The van der Waals surface area contributed by atoms with Crippen LogP contribution in [0.25, 0.3) is 5.76 Å². The molecule has 4 rings (SSSR count). The number of anilines is 1. The number of hydrogen-bond donors (Lipinski definition) is 1. The molecule has 0 bridgehead atoms. The molecule has 1 atom stereocenters. The Morgan fingerprint density at radius 3 is 2.15 bits per heavy atom. The summed E-state index contributed by atoms with van der Waals surface area (Å²) in [6.07, 6.45) is 0. The summed E-state index contributed by atoms with van der Waals surface area (Å²) >= 11 is 0. The van der Waals surface area contributed by atoms with Gasteiger partial charge >= 0.3 is 0 Å². The number of ether oxygens (including phenoxy) is 3. The molecule has 1 saturated heterocycles. The minimum Gasteiger partial charge on any atom is -0.507 e. The molecule has 1 N–H and O–H groups in total. The van der Waals surface area contributed by atoms with Gasteiger partial charge in [0.15, 0.2) is 0 Å². The third kappa shape index (κ3) is 5.62. The highest BCUT2D eigenvalue weighted by Gasteiger charge is 2.47. The summed E-state index contributed by atoms with van der Waals surface area (Å²) in [7, 11) is 0. The molecular weight excluding hydrogens is 494 g/mol. The average molecular weight is 530 g/mol. The topological polar surface area (TPSA) is 85.3 Å². The number of ketones is 1. The fraction of sp³-hybridized carbons (Fsp3) is 0.312. The van der Waals surface area contributed by atoms with E-state index in [1.54, 1.807) is 48.5 Å².